The number of ether oxygens (including phenoxy) is 1. The number of para-hydroxylation sites is 2. The Morgan fingerprint density at radius 3 is 2.56 bits per heavy atom. The molecule has 0 fully saturated rings. The van der Waals surface area contributed by atoms with Crippen LogP contribution in [-0.4, -0.2) is 39.1 Å². The van der Waals surface area contributed by atoms with Gasteiger partial charge in [0.15, 0.2) is 0 Å². The number of nitrogens with one attached hydrogen (secondary N) is 2. The summed E-state index contributed by atoms with van der Waals surface area (Å²) in [5.74, 6) is 0.335. The molecule has 1 aliphatic heterocycles. The van der Waals surface area contributed by atoms with Gasteiger partial charge in [0.25, 0.3) is 0 Å². The van der Waals surface area contributed by atoms with Crippen LogP contribution in [0.1, 0.15) is 17.5 Å². The van der Waals surface area contributed by atoms with Crippen LogP contribution in [0.25, 0.3) is 0 Å². The minimum Gasteiger partial charge on any atom is -0.491 e. The van der Waals surface area contributed by atoms with Crippen molar-refractivity contribution in [3.63, 3.8) is 0 Å². The molecule has 0 radical (unpaired) electrons. The third-order valence-corrected chi connectivity index (χ3v) is 4.40. The topological polar surface area (TPSA) is 63.1 Å². The van der Waals surface area contributed by atoms with E-state index in [1.54, 1.807) is 6.07 Å². The molecule has 0 atom stereocenters. The minimum atomic E-state index is -0.193. The standard InChI is InChI=1S/C21H25N3O3/c1-23(2)14-17-9-7-16(8-10-17)13-22-20(25)15-24-18-5-3-4-6-19(18)27-12-11-21(24)26/h3-10H,11-15H2,1-2H3,(H,22,25)/p+1. The molecule has 1 heterocycles. The second-order valence-electron chi connectivity index (χ2n) is 7.02. The number of anilines is 1. The Morgan fingerprint density at radius 1 is 1.11 bits per heavy atom. The third kappa shape index (κ3) is 5.08. The van der Waals surface area contributed by atoms with E-state index in [0.717, 1.165) is 12.1 Å². The largest absolute Gasteiger partial charge is 0.491 e. The van der Waals surface area contributed by atoms with Crippen molar-refractivity contribution in [2.75, 3.05) is 32.1 Å². The van der Waals surface area contributed by atoms with Crippen LogP contribution < -0.4 is 19.9 Å². The Kier molecular flexibility index (Phi) is 6.08. The monoisotopic (exact) mass is 368 g/mol. The van der Waals surface area contributed by atoms with Gasteiger partial charge in [0.2, 0.25) is 11.8 Å². The van der Waals surface area contributed by atoms with Crippen molar-refractivity contribution in [2.24, 2.45) is 0 Å². The first-order valence-corrected chi connectivity index (χ1v) is 9.18. The van der Waals surface area contributed by atoms with Crippen molar-refractivity contribution < 1.29 is 19.2 Å². The number of hydrogen-bond acceptors (Lipinski definition) is 3. The maximum absolute atomic E-state index is 12.4. The minimum absolute atomic E-state index is 0.0126. The second kappa shape index (κ2) is 8.68. The third-order valence-electron chi connectivity index (χ3n) is 4.40. The van der Waals surface area contributed by atoms with E-state index in [0.29, 0.717) is 24.6 Å². The number of hydrogen-bond donors (Lipinski definition) is 2. The van der Waals surface area contributed by atoms with Crippen LogP contribution >= 0.6 is 0 Å². The molecule has 27 heavy (non-hydrogen) atoms. The molecule has 6 nitrogen and oxygen atoms in total. The molecule has 0 unspecified atom stereocenters. The zero-order chi connectivity index (χ0) is 19.2. The predicted molar refractivity (Wildman–Crippen MR) is 104 cm³/mol. The summed E-state index contributed by atoms with van der Waals surface area (Å²) in [6, 6.07) is 15.5. The Bertz CT molecular complexity index is 803. The van der Waals surface area contributed by atoms with Crippen molar-refractivity contribution in [3.05, 3.63) is 59.7 Å². The van der Waals surface area contributed by atoms with E-state index >= 15 is 0 Å². The van der Waals surface area contributed by atoms with Gasteiger partial charge in [0, 0.05) is 12.1 Å². The molecule has 0 spiro atoms. The first-order chi connectivity index (χ1) is 13.0. The number of carbonyl (C=O) groups excluding carboxylic acids is 2. The quantitative estimate of drug-likeness (QED) is 0.792. The fourth-order valence-electron chi connectivity index (χ4n) is 3.08. The van der Waals surface area contributed by atoms with Gasteiger partial charge < -0.3 is 15.0 Å². The summed E-state index contributed by atoms with van der Waals surface area (Å²) in [7, 11) is 4.23. The number of benzene rings is 2. The van der Waals surface area contributed by atoms with Crippen LogP contribution in [-0.2, 0) is 22.7 Å². The molecule has 0 saturated carbocycles. The van der Waals surface area contributed by atoms with E-state index in [-0.39, 0.29) is 24.8 Å². The highest BCUT2D eigenvalue weighted by Crippen LogP contribution is 2.30. The number of rotatable bonds is 6. The van der Waals surface area contributed by atoms with E-state index < -0.39 is 0 Å². The van der Waals surface area contributed by atoms with Crippen molar-refractivity contribution in [1.29, 1.82) is 0 Å². The molecule has 2 aromatic rings. The van der Waals surface area contributed by atoms with Crippen LogP contribution in [0.2, 0.25) is 0 Å². The van der Waals surface area contributed by atoms with Crippen molar-refractivity contribution in [3.8, 4) is 5.75 Å². The summed E-state index contributed by atoms with van der Waals surface area (Å²) in [5.41, 5.74) is 2.94. The molecular formula is C21H26N3O3+. The van der Waals surface area contributed by atoms with Crippen LogP contribution in [0.5, 0.6) is 5.75 Å². The lowest BCUT2D eigenvalue weighted by Gasteiger charge is -2.21. The van der Waals surface area contributed by atoms with E-state index in [2.05, 4.69) is 31.5 Å². The summed E-state index contributed by atoms with van der Waals surface area (Å²) in [6.45, 7) is 1.72. The molecule has 2 aromatic carbocycles. The molecule has 0 bridgehead atoms. The fourth-order valence-corrected chi connectivity index (χ4v) is 3.08. The first kappa shape index (κ1) is 18.9. The summed E-state index contributed by atoms with van der Waals surface area (Å²) in [6.07, 6.45) is 0.261. The smallest absolute Gasteiger partial charge is 0.240 e. The Labute approximate surface area is 159 Å². The molecule has 2 amide bonds. The van der Waals surface area contributed by atoms with Gasteiger partial charge in [0.05, 0.1) is 32.8 Å². The summed E-state index contributed by atoms with van der Waals surface area (Å²) in [5, 5.41) is 2.90. The first-order valence-electron chi connectivity index (χ1n) is 9.18. The molecule has 3 rings (SSSR count). The molecular weight excluding hydrogens is 342 g/mol. The van der Waals surface area contributed by atoms with E-state index in [4.69, 9.17) is 4.74 Å². The van der Waals surface area contributed by atoms with Gasteiger partial charge in [-0.2, -0.15) is 0 Å². The fraction of sp³-hybridized carbons (Fsp3) is 0.333. The highest BCUT2D eigenvalue weighted by molar-refractivity contribution is 6.00. The average molecular weight is 368 g/mol. The molecule has 142 valence electrons. The Balaban J connectivity index is 1.59. The second-order valence-corrected chi connectivity index (χ2v) is 7.02. The Hall–Kier alpha value is -2.86. The summed E-state index contributed by atoms with van der Waals surface area (Å²) < 4.78 is 5.60. The van der Waals surface area contributed by atoms with Gasteiger partial charge in [-0.1, -0.05) is 36.4 Å². The molecule has 6 heteroatoms. The van der Waals surface area contributed by atoms with Gasteiger partial charge in [0.1, 0.15) is 18.8 Å². The van der Waals surface area contributed by atoms with Crippen molar-refractivity contribution in [2.45, 2.75) is 19.5 Å². The lowest BCUT2D eigenvalue weighted by Crippen LogP contribution is -3.04. The SMILES string of the molecule is C[NH+](C)Cc1ccc(CNC(=O)CN2C(=O)CCOc3ccccc32)cc1. The van der Waals surface area contributed by atoms with Crippen LogP contribution in [0, 0.1) is 0 Å². The van der Waals surface area contributed by atoms with E-state index in [9.17, 15) is 9.59 Å². The Morgan fingerprint density at radius 2 is 1.81 bits per heavy atom. The van der Waals surface area contributed by atoms with Gasteiger partial charge in [-0.05, 0) is 17.7 Å². The van der Waals surface area contributed by atoms with Crippen LogP contribution in [0.3, 0.4) is 0 Å². The lowest BCUT2D eigenvalue weighted by molar-refractivity contribution is -0.872. The van der Waals surface area contributed by atoms with E-state index in [1.807, 2.05) is 30.3 Å². The summed E-state index contributed by atoms with van der Waals surface area (Å²) in [4.78, 5) is 27.7. The van der Waals surface area contributed by atoms with Gasteiger partial charge in [-0.15, -0.1) is 0 Å². The van der Waals surface area contributed by atoms with Crippen LogP contribution in [0.4, 0.5) is 5.69 Å². The van der Waals surface area contributed by atoms with Gasteiger partial charge in [-0.25, -0.2) is 0 Å². The highest BCUT2D eigenvalue weighted by atomic mass is 16.5. The number of quaternary nitrogens is 1. The van der Waals surface area contributed by atoms with Crippen molar-refractivity contribution in [1.82, 2.24) is 5.32 Å². The molecule has 1 aliphatic rings. The average Bonchev–Trinajstić information content (AvgIpc) is 2.80. The number of fused-ring (bicyclic) bond motifs is 1. The zero-order valence-corrected chi connectivity index (χ0v) is 15.8. The maximum atomic E-state index is 12.4. The molecule has 0 saturated heterocycles. The predicted octanol–water partition coefficient (Wildman–Crippen LogP) is 0.763. The number of carbonyl (C=O) groups is 2. The van der Waals surface area contributed by atoms with Gasteiger partial charge in [-0.3, -0.25) is 14.5 Å². The van der Waals surface area contributed by atoms with Crippen molar-refractivity contribution >= 4 is 17.5 Å². The maximum Gasteiger partial charge on any atom is 0.240 e. The number of nitrogens with zero attached hydrogens (tertiary/aromatic N) is 1. The van der Waals surface area contributed by atoms with Gasteiger partial charge >= 0.3 is 0 Å². The molecule has 2 N–H and O–H groups in total. The normalized spacial score (nSPS) is 13.7. The summed E-state index contributed by atoms with van der Waals surface area (Å²) >= 11 is 0. The molecule has 0 aliphatic carbocycles. The molecule has 0 aromatic heterocycles. The lowest BCUT2D eigenvalue weighted by atomic mass is 10.1. The van der Waals surface area contributed by atoms with E-state index in [1.165, 1.54) is 15.4 Å². The highest BCUT2D eigenvalue weighted by Gasteiger charge is 2.24. The number of amides is 2. The van der Waals surface area contributed by atoms with Crippen LogP contribution in [0.15, 0.2) is 48.5 Å². The zero-order valence-electron chi connectivity index (χ0n) is 15.8.